The van der Waals surface area contributed by atoms with Crippen LogP contribution in [0.4, 0.5) is 17.6 Å². The summed E-state index contributed by atoms with van der Waals surface area (Å²) in [6, 6.07) is 19.2. The normalized spacial score (nSPS) is 11.5. The maximum atomic E-state index is 14.2. The zero-order valence-corrected chi connectivity index (χ0v) is 16.1. The molecule has 0 spiro atoms. The fourth-order valence-electron chi connectivity index (χ4n) is 3.23. The molecule has 0 saturated carbocycles. The molecule has 0 N–H and O–H groups in total. The lowest BCUT2D eigenvalue weighted by atomic mass is 9.99. The first-order chi connectivity index (χ1) is 13.8. The number of hydrogen-bond donors (Lipinski definition) is 0. The maximum Gasteiger partial charge on any atom is 0.573 e. The second-order valence-electron chi connectivity index (χ2n) is 6.95. The fourth-order valence-corrected chi connectivity index (χ4v) is 3.23. The number of ether oxygens (including phenoxy) is 1. The Kier molecular flexibility index (Phi) is 6.57. The summed E-state index contributed by atoms with van der Waals surface area (Å²) in [5.41, 5.74) is 4.56. The van der Waals surface area contributed by atoms with Crippen LogP contribution in [0.1, 0.15) is 30.0 Å². The molecular formula is C24H22F4O. The number of aryl methyl sites for hydroxylation is 3. The van der Waals surface area contributed by atoms with Gasteiger partial charge in [0.05, 0.1) is 0 Å². The lowest BCUT2D eigenvalue weighted by molar-refractivity contribution is -0.274. The highest BCUT2D eigenvalue weighted by atomic mass is 19.4. The Labute approximate surface area is 168 Å². The molecule has 5 heteroatoms. The van der Waals surface area contributed by atoms with Crippen LogP contribution in [0.5, 0.6) is 5.75 Å². The third kappa shape index (κ3) is 6.08. The summed E-state index contributed by atoms with van der Waals surface area (Å²) < 4.78 is 54.7. The van der Waals surface area contributed by atoms with E-state index in [2.05, 4.69) is 35.9 Å². The van der Waals surface area contributed by atoms with Gasteiger partial charge in [-0.15, -0.1) is 13.2 Å². The van der Waals surface area contributed by atoms with E-state index in [1.807, 2.05) is 12.1 Å². The van der Waals surface area contributed by atoms with E-state index in [1.165, 1.54) is 17.2 Å². The first kappa shape index (κ1) is 20.9. The van der Waals surface area contributed by atoms with E-state index in [0.29, 0.717) is 5.56 Å². The molecule has 29 heavy (non-hydrogen) atoms. The summed E-state index contributed by atoms with van der Waals surface area (Å²) in [5, 5.41) is 0. The van der Waals surface area contributed by atoms with Crippen LogP contribution in [0.2, 0.25) is 0 Å². The Bertz CT molecular complexity index is 929. The van der Waals surface area contributed by atoms with Gasteiger partial charge in [-0.05, 0) is 53.6 Å². The molecule has 0 aliphatic heterocycles. The average molecular weight is 402 g/mol. The average Bonchev–Trinajstić information content (AvgIpc) is 2.67. The van der Waals surface area contributed by atoms with Crippen molar-refractivity contribution in [2.45, 2.75) is 39.0 Å². The predicted molar refractivity (Wildman–Crippen MR) is 106 cm³/mol. The summed E-state index contributed by atoms with van der Waals surface area (Å²) in [6.45, 7) is 2.16. The number of halogens is 4. The van der Waals surface area contributed by atoms with E-state index < -0.39 is 17.9 Å². The molecule has 1 nitrogen and oxygen atoms in total. The van der Waals surface area contributed by atoms with Crippen LogP contribution < -0.4 is 4.74 Å². The first-order valence-electron chi connectivity index (χ1n) is 9.56. The molecule has 0 unspecified atom stereocenters. The molecule has 0 amide bonds. The van der Waals surface area contributed by atoms with Crippen LogP contribution >= 0.6 is 0 Å². The molecule has 0 aromatic heterocycles. The molecule has 3 aromatic rings. The largest absolute Gasteiger partial charge is 0.573 e. The van der Waals surface area contributed by atoms with Crippen molar-refractivity contribution in [3.63, 3.8) is 0 Å². The van der Waals surface area contributed by atoms with Gasteiger partial charge in [0, 0.05) is 11.6 Å². The zero-order chi connectivity index (χ0) is 20.9. The number of benzene rings is 3. The van der Waals surface area contributed by atoms with E-state index in [0.717, 1.165) is 43.4 Å². The van der Waals surface area contributed by atoms with Crippen molar-refractivity contribution >= 4 is 0 Å². The van der Waals surface area contributed by atoms with Crippen molar-refractivity contribution in [2.24, 2.45) is 0 Å². The minimum absolute atomic E-state index is 0.234. The predicted octanol–water partition coefficient (Wildman–Crippen LogP) is 7.13. The van der Waals surface area contributed by atoms with E-state index in [9.17, 15) is 17.6 Å². The summed E-state index contributed by atoms with van der Waals surface area (Å²) >= 11 is 0. The van der Waals surface area contributed by atoms with Gasteiger partial charge in [0.15, 0.2) is 0 Å². The molecule has 0 saturated heterocycles. The highest BCUT2D eigenvalue weighted by Crippen LogP contribution is 2.29. The quantitative estimate of drug-likeness (QED) is 0.382. The lowest BCUT2D eigenvalue weighted by Crippen LogP contribution is -2.17. The van der Waals surface area contributed by atoms with Gasteiger partial charge in [-0.3, -0.25) is 0 Å². The Morgan fingerprint density at radius 2 is 1.24 bits per heavy atom. The van der Waals surface area contributed by atoms with E-state index in [4.69, 9.17) is 0 Å². The van der Waals surface area contributed by atoms with Crippen LogP contribution in [0.25, 0.3) is 11.1 Å². The van der Waals surface area contributed by atoms with E-state index >= 15 is 0 Å². The van der Waals surface area contributed by atoms with Gasteiger partial charge >= 0.3 is 6.36 Å². The summed E-state index contributed by atoms with van der Waals surface area (Å²) in [4.78, 5) is 0. The van der Waals surface area contributed by atoms with Gasteiger partial charge in [-0.25, -0.2) is 4.39 Å². The van der Waals surface area contributed by atoms with Crippen molar-refractivity contribution in [1.82, 2.24) is 0 Å². The van der Waals surface area contributed by atoms with Crippen molar-refractivity contribution in [1.29, 1.82) is 0 Å². The van der Waals surface area contributed by atoms with Gasteiger partial charge in [0.25, 0.3) is 0 Å². The standard InChI is InChI=1S/C24H22F4O/c1-2-3-17-4-6-18(7-5-17)8-9-19-10-12-20(13-11-19)22-15-14-21(16-23(22)25)29-24(26,27)28/h4-7,10-16H,2-3,8-9H2,1H3. The summed E-state index contributed by atoms with van der Waals surface area (Å²) in [7, 11) is 0. The lowest BCUT2D eigenvalue weighted by Gasteiger charge is -2.11. The van der Waals surface area contributed by atoms with Gasteiger partial charge in [-0.1, -0.05) is 61.9 Å². The van der Waals surface area contributed by atoms with Crippen molar-refractivity contribution in [3.8, 4) is 16.9 Å². The Morgan fingerprint density at radius 1 is 0.724 bits per heavy atom. The van der Waals surface area contributed by atoms with Crippen molar-refractivity contribution in [2.75, 3.05) is 0 Å². The molecule has 0 aliphatic carbocycles. The van der Waals surface area contributed by atoms with Gasteiger partial charge in [0.2, 0.25) is 0 Å². The first-order valence-corrected chi connectivity index (χ1v) is 9.56. The van der Waals surface area contributed by atoms with Crippen LogP contribution in [0, 0.1) is 5.82 Å². The minimum Gasteiger partial charge on any atom is -0.406 e. The van der Waals surface area contributed by atoms with Crippen LogP contribution in [-0.4, -0.2) is 6.36 Å². The number of alkyl halides is 3. The Morgan fingerprint density at radius 3 is 1.72 bits per heavy atom. The molecular weight excluding hydrogens is 380 g/mol. The summed E-state index contributed by atoms with van der Waals surface area (Å²) in [6.07, 6.45) is -0.865. The SMILES string of the molecule is CCCc1ccc(CCc2ccc(-c3ccc(OC(F)(F)F)cc3F)cc2)cc1. The van der Waals surface area contributed by atoms with Gasteiger partial charge in [0.1, 0.15) is 11.6 Å². The highest BCUT2D eigenvalue weighted by Gasteiger charge is 2.31. The topological polar surface area (TPSA) is 9.23 Å². The molecule has 3 rings (SSSR count). The fraction of sp³-hybridized carbons (Fsp3) is 0.250. The zero-order valence-electron chi connectivity index (χ0n) is 16.1. The van der Waals surface area contributed by atoms with E-state index in [-0.39, 0.29) is 5.56 Å². The van der Waals surface area contributed by atoms with Crippen LogP contribution in [0.3, 0.4) is 0 Å². The number of rotatable bonds is 7. The molecule has 3 aromatic carbocycles. The number of hydrogen-bond acceptors (Lipinski definition) is 1. The molecule has 0 fully saturated rings. The molecule has 0 aliphatic rings. The second kappa shape index (κ2) is 9.12. The maximum absolute atomic E-state index is 14.2. The van der Waals surface area contributed by atoms with Crippen molar-refractivity contribution in [3.05, 3.63) is 89.2 Å². The molecule has 0 atom stereocenters. The molecule has 152 valence electrons. The minimum atomic E-state index is -4.84. The van der Waals surface area contributed by atoms with Gasteiger partial charge < -0.3 is 4.74 Å². The molecule has 0 heterocycles. The Balaban J connectivity index is 1.64. The second-order valence-corrected chi connectivity index (χ2v) is 6.95. The van der Waals surface area contributed by atoms with Crippen LogP contribution in [-0.2, 0) is 19.3 Å². The third-order valence-corrected chi connectivity index (χ3v) is 4.70. The molecule has 0 radical (unpaired) electrons. The monoisotopic (exact) mass is 402 g/mol. The van der Waals surface area contributed by atoms with Crippen LogP contribution in [0.15, 0.2) is 66.7 Å². The van der Waals surface area contributed by atoms with E-state index in [1.54, 1.807) is 12.1 Å². The smallest absolute Gasteiger partial charge is 0.406 e. The third-order valence-electron chi connectivity index (χ3n) is 4.70. The van der Waals surface area contributed by atoms with Crippen molar-refractivity contribution < 1.29 is 22.3 Å². The summed E-state index contributed by atoms with van der Waals surface area (Å²) in [5.74, 6) is -1.33. The van der Waals surface area contributed by atoms with Gasteiger partial charge in [-0.2, -0.15) is 0 Å². The Hall–Kier alpha value is -2.82. The molecule has 0 bridgehead atoms. The highest BCUT2D eigenvalue weighted by molar-refractivity contribution is 5.65.